The molecule has 16 heteroatoms. The summed E-state index contributed by atoms with van der Waals surface area (Å²) in [6, 6.07) is 6.71. The number of hydrogen-bond acceptors (Lipinski definition) is 8. The van der Waals surface area contributed by atoms with Crippen molar-refractivity contribution in [3.05, 3.63) is 58.9 Å². The van der Waals surface area contributed by atoms with Crippen LogP contribution in [0.5, 0.6) is 5.75 Å². The van der Waals surface area contributed by atoms with Gasteiger partial charge in [0, 0.05) is 5.75 Å². The zero-order valence-corrected chi connectivity index (χ0v) is 24.5. The van der Waals surface area contributed by atoms with Gasteiger partial charge >= 0.3 is 6.61 Å². The van der Waals surface area contributed by atoms with Crippen LogP contribution in [0, 0.1) is 24.5 Å². The van der Waals surface area contributed by atoms with Crippen LogP contribution in [0.1, 0.15) is 42.6 Å². The molecule has 2 heterocycles. The number of aryl methyl sites for hydroxylation is 2. The number of likely N-dealkylation sites (tertiary alicyclic amines) is 1. The molecule has 0 bridgehead atoms. The monoisotopic (exact) mass is 632 g/mol. The molecular weight excluding hydrogens is 600 g/mol. The van der Waals surface area contributed by atoms with Crippen LogP contribution in [0.2, 0.25) is 0 Å². The van der Waals surface area contributed by atoms with Crippen molar-refractivity contribution >= 4 is 20.8 Å². The first-order valence-corrected chi connectivity index (χ1v) is 16.2. The lowest BCUT2D eigenvalue weighted by molar-refractivity contribution is -0.0499. The molecular formula is C26H32F4N6O4S2. The molecule has 1 saturated heterocycles. The van der Waals surface area contributed by atoms with Crippen LogP contribution < -0.4 is 9.88 Å². The van der Waals surface area contributed by atoms with Gasteiger partial charge in [0.25, 0.3) is 0 Å². The number of tetrazole rings is 1. The van der Waals surface area contributed by atoms with E-state index in [1.807, 2.05) is 0 Å². The summed E-state index contributed by atoms with van der Waals surface area (Å²) in [7, 11) is -6.26. The third kappa shape index (κ3) is 8.55. The molecule has 10 nitrogen and oxygen atoms in total. The van der Waals surface area contributed by atoms with E-state index in [1.54, 1.807) is 19.1 Å². The van der Waals surface area contributed by atoms with Gasteiger partial charge in [-0.15, -0.1) is 10.2 Å². The average molecular weight is 633 g/mol. The fraction of sp³-hybridized carbons (Fsp3) is 0.500. The zero-order chi connectivity index (χ0) is 30.4. The highest BCUT2D eigenvalue weighted by Crippen LogP contribution is 2.26. The predicted octanol–water partition coefficient (Wildman–Crippen LogP) is 3.40. The van der Waals surface area contributed by atoms with E-state index in [4.69, 9.17) is 5.14 Å². The SMILES string of the molecule is Cc1nnn(Cc2cc(OC(F)F)ccc2CCCN2CCC(CCS(=O)c3ccc(S(N)(=O)=O)c(F)c3F)CC2)n1. The van der Waals surface area contributed by atoms with E-state index in [9.17, 15) is 30.2 Å². The van der Waals surface area contributed by atoms with E-state index >= 15 is 0 Å². The number of rotatable bonds is 13. The molecule has 1 unspecified atom stereocenters. The Morgan fingerprint density at radius 3 is 2.50 bits per heavy atom. The van der Waals surface area contributed by atoms with E-state index in [2.05, 4.69) is 25.0 Å². The second kappa shape index (κ2) is 14.0. The molecule has 4 rings (SSSR count). The Morgan fingerprint density at radius 2 is 1.86 bits per heavy atom. The Balaban J connectivity index is 1.25. The maximum Gasteiger partial charge on any atom is 0.387 e. The molecule has 1 aliphatic heterocycles. The van der Waals surface area contributed by atoms with Crippen molar-refractivity contribution in [3.63, 3.8) is 0 Å². The number of piperidine rings is 1. The van der Waals surface area contributed by atoms with Crippen LogP contribution in [0.15, 0.2) is 40.1 Å². The van der Waals surface area contributed by atoms with Gasteiger partial charge in [-0.3, -0.25) is 4.21 Å². The highest BCUT2D eigenvalue weighted by Gasteiger charge is 2.25. The third-order valence-electron chi connectivity index (χ3n) is 7.17. The van der Waals surface area contributed by atoms with Crippen molar-refractivity contribution in [1.82, 2.24) is 25.1 Å². The molecule has 0 amide bonds. The number of halogens is 4. The number of aromatic nitrogens is 4. The fourth-order valence-electron chi connectivity index (χ4n) is 5.00. The number of alkyl halides is 2. The molecule has 1 fully saturated rings. The summed E-state index contributed by atoms with van der Waals surface area (Å²) in [6.07, 6.45) is 3.83. The number of sulfonamides is 1. The van der Waals surface area contributed by atoms with Gasteiger partial charge in [-0.05, 0) is 105 Å². The summed E-state index contributed by atoms with van der Waals surface area (Å²) in [5, 5.41) is 16.9. The molecule has 0 saturated carbocycles. The minimum Gasteiger partial charge on any atom is -0.435 e. The van der Waals surface area contributed by atoms with E-state index in [0.29, 0.717) is 18.7 Å². The summed E-state index contributed by atoms with van der Waals surface area (Å²) in [5.74, 6) is -2.10. The number of nitrogens with zero attached hydrogens (tertiary/aromatic N) is 5. The fourth-order valence-corrected chi connectivity index (χ4v) is 6.87. The second-order valence-electron chi connectivity index (χ2n) is 10.1. The van der Waals surface area contributed by atoms with Crippen LogP contribution in [0.4, 0.5) is 17.6 Å². The zero-order valence-electron chi connectivity index (χ0n) is 22.9. The lowest BCUT2D eigenvalue weighted by Gasteiger charge is -2.32. The summed E-state index contributed by atoms with van der Waals surface area (Å²) >= 11 is 0. The summed E-state index contributed by atoms with van der Waals surface area (Å²) in [6.45, 7) is 1.55. The molecule has 2 aromatic carbocycles. The molecule has 42 heavy (non-hydrogen) atoms. The van der Waals surface area contributed by atoms with Crippen molar-refractivity contribution in [3.8, 4) is 5.75 Å². The first-order valence-electron chi connectivity index (χ1n) is 13.3. The Labute approximate surface area is 243 Å². The van der Waals surface area contributed by atoms with Crippen molar-refractivity contribution in [1.29, 1.82) is 0 Å². The minimum atomic E-state index is -4.43. The Hall–Kier alpha value is -2.95. The molecule has 3 aromatic rings. The molecule has 2 N–H and O–H groups in total. The van der Waals surface area contributed by atoms with Gasteiger partial charge in [0.15, 0.2) is 17.5 Å². The molecule has 1 aliphatic rings. The summed E-state index contributed by atoms with van der Waals surface area (Å²) < 4.78 is 93.9. The number of ether oxygens (including phenoxy) is 1. The van der Waals surface area contributed by atoms with Crippen molar-refractivity contribution in [2.45, 2.75) is 62.0 Å². The topological polar surface area (TPSA) is 133 Å². The van der Waals surface area contributed by atoms with E-state index in [1.165, 1.54) is 10.9 Å². The predicted molar refractivity (Wildman–Crippen MR) is 146 cm³/mol. The molecule has 0 radical (unpaired) electrons. The summed E-state index contributed by atoms with van der Waals surface area (Å²) in [4.78, 5) is 2.39. The largest absolute Gasteiger partial charge is 0.435 e. The quantitative estimate of drug-likeness (QED) is 0.284. The number of benzene rings is 2. The second-order valence-corrected chi connectivity index (χ2v) is 13.2. The Kier molecular flexibility index (Phi) is 10.7. The highest BCUT2D eigenvalue weighted by molar-refractivity contribution is 7.89. The van der Waals surface area contributed by atoms with Crippen molar-refractivity contribution in [2.24, 2.45) is 11.1 Å². The first kappa shape index (κ1) is 32.0. The van der Waals surface area contributed by atoms with Gasteiger partial charge in [0.05, 0.1) is 22.2 Å². The Bertz CT molecular complexity index is 1510. The lowest BCUT2D eigenvalue weighted by atomic mass is 9.94. The normalized spacial score (nSPS) is 15.8. The Morgan fingerprint density at radius 1 is 1.12 bits per heavy atom. The number of hydrogen-bond donors (Lipinski definition) is 1. The van der Waals surface area contributed by atoms with Gasteiger partial charge in [-0.1, -0.05) is 6.07 Å². The van der Waals surface area contributed by atoms with Crippen LogP contribution in [-0.2, 0) is 33.8 Å². The van der Waals surface area contributed by atoms with E-state index in [-0.39, 0.29) is 28.9 Å². The van der Waals surface area contributed by atoms with Crippen LogP contribution in [0.25, 0.3) is 0 Å². The highest BCUT2D eigenvalue weighted by atomic mass is 32.2. The van der Waals surface area contributed by atoms with Crippen molar-refractivity contribution in [2.75, 3.05) is 25.4 Å². The van der Waals surface area contributed by atoms with E-state index in [0.717, 1.165) is 62.2 Å². The molecule has 0 aliphatic carbocycles. The van der Waals surface area contributed by atoms with Gasteiger partial charge in [0.1, 0.15) is 10.6 Å². The number of primary sulfonamides is 1. The summed E-state index contributed by atoms with van der Waals surface area (Å²) in [5.41, 5.74) is 1.75. The smallest absolute Gasteiger partial charge is 0.387 e. The van der Waals surface area contributed by atoms with Gasteiger partial charge in [-0.2, -0.15) is 13.6 Å². The maximum absolute atomic E-state index is 14.4. The maximum atomic E-state index is 14.4. The molecule has 1 aromatic heterocycles. The van der Waals surface area contributed by atoms with E-state index < -0.39 is 44.0 Å². The van der Waals surface area contributed by atoms with Gasteiger partial charge < -0.3 is 9.64 Å². The van der Waals surface area contributed by atoms with Crippen LogP contribution in [-0.4, -0.2) is 69.7 Å². The number of nitrogens with two attached hydrogens (primary N) is 1. The molecule has 1 atom stereocenters. The van der Waals surface area contributed by atoms with Gasteiger partial charge in [-0.25, -0.2) is 22.3 Å². The lowest BCUT2D eigenvalue weighted by Crippen LogP contribution is -2.35. The molecule has 0 spiro atoms. The first-order chi connectivity index (χ1) is 19.9. The van der Waals surface area contributed by atoms with Crippen molar-refractivity contribution < 1.29 is 34.9 Å². The minimum absolute atomic E-state index is 0.0667. The van der Waals surface area contributed by atoms with Crippen LogP contribution in [0.3, 0.4) is 0 Å². The average Bonchev–Trinajstić information content (AvgIpc) is 3.34. The molecule has 230 valence electrons. The standard InChI is InChI=1S/C26H32F4N6O4S2/c1-17-32-34-36(33-17)16-20-15-21(40-26(29)30)5-4-19(20)3-2-11-35-12-8-18(9-13-35)10-14-41(37)22-6-7-23(42(31,38)39)25(28)24(22)27/h4-7,15,18,26H,2-3,8-14,16H2,1H3,(H2,31,38,39). The third-order valence-corrected chi connectivity index (χ3v) is 9.51. The van der Waals surface area contributed by atoms with Gasteiger partial charge in [0.2, 0.25) is 10.0 Å². The van der Waals surface area contributed by atoms with Crippen LogP contribution >= 0.6 is 0 Å².